The topological polar surface area (TPSA) is 90.4 Å². The number of nitriles is 1. The molecule has 0 saturated heterocycles. The van der Waals surface area contributed by atoms with Gasteiger partial charge in [-0.25, -0.2) is 4.39 Å². The lowest BCUT2D eigenvalue weighted by Gasteiger charge is -2.46. The zero-order chi connectivity index (χ0) is 25.1. The maximum atomic E-state index is 15.1. The van der Waals surface area contributed by atoms with Gasteiger partial charge < -0.3 is 5.73 Å². The Balaban J connectivity index is 1.93. The van der Waals surface area contributed by atoms with Gasteiger partial charge in [0.25, 0.3) is 0 Å². The number of anilines is 2. The van der Waals surface area contributed by atoms with E-state index < -0.39 is 22.6 Å². The summed E-state index contributed by atoms with van der Waals surface area (Å²) in [5, 5.41) is 10.4. The number of hydrogen-bond acceptors (Lipinski definition) is 5. The van der Waals surface area contributed by atoms with Crippen LogP contribution >= 0.6 is 0 Å². The van der Waals surface area contributed by atoms with Gasteiger partial charge in [0.1, 0.15) is 23.1 Å². The monoisotopic (exact) mass is 466 g/mol. The molecule has 2 aromatic carbocycles. The minimum Gasteiger partial charge on any atom is -0.384 e. The van der Waals surface area contributed by atoms with Crippen LogP contribution in [0.2, 0.25) is 0 Å². The van der Waals surface area contributed by atoms with Crippen LogP contribution in [-0.4, -0.2) is 18.2 Å². The van der Waals surface area contributed by atoms with Gasteiger partial charge in [-0.1, -0.05) is 50.1 Å². The number of carbonyl (C=O) groups excluding carboxylic acids is 2. The van der Waals surface area contributed by atoms with Crippen LogP contribution < -0.4 is 15.5 Å². The Kier molecular flexibility index (Phi) is 4.86. The van der Waals surface area contributed by atoms with Crippen molar-refractivity contribution in [3.63, 3.8) is 0 Å². The number of amides is 1. The average molecular weight is 467 g/mol. The third-order valence-electron chi connectivity index (χ3n) is 6.99. The molecule has 0 saturated carbocycles. The van der Waals surface area contributed by atoms with Gasteiger partial charge in [-0.2, -0.15) is 5.26 Å². The molecule has 6 nitrogen and oxygen atoms in total. The first kappa shape index (κ1) is 22.4. The minimum absolute atomic E-state index is 0.0322. The molecule has 0 fully saturated rings. The molecule has 1 spiro atoms. The van der Waals surface area contributed by atoms with Crippen LogP contribution in [0.1, 0.15) is 32.3 Å². The van der Waals surface area contributed by atoms with Crippen molar-refractivity contribution in [2.24, 2.45) is 11.1 Å². The van der Waals surface area contributed by atoms with Gasteiger partial charge in [0.05, 0.1) is 17.8 Å². The number of nitrogens with zero attached hydrogens (tertiary/aromatic N) is 3. The van der Waals surface area contributed by atoms with Crippen LogP contribution in [0.3, 0.4) is 0 Å². The highest BCUT2D eigenvalue weighted by Gasteiger charge is 2.63. The molecule has 1 amide bonds. The molecule has 1 aliphatic carbocycles. The Morgan fingerprint density at radius 3 is 2.40 bits per heavy atom. The maximum Gasteiger partial charge on any atom is 0.248 e. The quantitative estimate of drug-likeness (QED) is 0.678. The van der Waals surface area contributed by atoms with Crippen LogP contribution in [0.5, 0.6) is 0 Å². The number of para-hydroxylation sites is 2. The van der Waals surface area contributed by atoms with E-state index in [0.29, 0.717) is 23.4 Å². The Labute approximate surface area is 203 Å². The zero-order valence-electron chi connectivity index (χ0n) is 19.4. The van der Waals surface area contributed by atoms with Crippen molar-refractivity contribution in [2.45, 2.75) is 32.1 Å². The molecule has 2 N–H and O–H groups in total. The molecule has 35 heavy (non-hydrogen) atoms. The lowest BCUT2D eigenvalue weighted by molar-refractivity contribution is -0.125. The molecule has 7 heteroatoms. The van der Waals surface area contributed by atoms with Crippen molar-refractivity contribution in [1.29, 1.82) is 5.26 Å². The second-order valence-corrected chi connectivity index (χ2v) is 9.78. The number of halogens is 1. The number of hydrogen-bond donors (Lipinski definition) is 1. The van der Waals surface area contributed by atoms with Crippen LogP contribution in [0.4, 0.5) is 15.8 Å². The van der Waals surface area contributed by atoms with E-state index in [1.165, 1.54) is 15.9 Å². The highest BCUT2D eigenvalue weighted by Crippen LogP contribution is 2.58. The molecular formula is C28H23FN4O2. The van der Waals surface area contributed by atoms with Crippen LogP contribution in [-0.2, 0) is 15.0 Å². The number of Topliss-reactive ketones (excluding diaryl/α,β-unsaturated/α-hetero) is 1. The molecule has 5 rings (SSSR count). The van der Waals surface area contributed by atoms with Crippen LogP contribution in [0, 0.1) is 34.9 Å². The first-order chi connectivity index (χ1) is 16.7. The van der Waals surface area contributed by atoms with E-state index in [4.69, 9.17) is 12.2 Å². The standard InChI is InChI=1S/C28H23FN4O2/c1-4-13-32-20-11-7-5-9-17(20)28(26(32)35)18(16-30)25(31)33(21-12-8-6-10-19(21)29)22-14-27(2,3)15-23(34)24(22)28/h1,5-12H,13-15,31H2,2-3H3/t28-/m0/s1. The van der Waals surface area contributed by atoms with E-state index in [1.54, 1.807) is 42.5 Å². The second-order valence-electron chi connectivity index (χ2n) is 9.78. The van der Waals surface area contributed by atoms with Crippen molar-refractivity contribution >= 4 is 23.1 Å². The number of terminal acetylenes is 1. The number of benzene rings is 2. The van der Waals surface area contributed by atoms with E-state index in [0.717, 1.165) is 0 Å². The molecule has 0 unspecified atom stereocenters. The van der Waals surface area contributed by atoms with Crippen LogP contribution in [0.25, 0.3) is 0 Å². The number of nitrogens with two attached hydrogens (primary N) is 1. The Bertz CT molecular complexity index is 1460. The highest BCUT2D eigenvalue weighted by molar-refractivity contribution is 6.21. The third-order valence-corrected chi connectivity index (χ3v) is 6.99. The molecular weight excluding hydrogens is 443 g/mol. The van der Waals surface area contributed by atoms with Crippen molar-refractivity contribution in [2.75, 3.05) is 16.3 Å². The first-order valence-electron chi connectivity index (χ1n) is 11.3. The molecule has 1 atom stereocenters. The fourth-order valence-corrected chi connectivity index (χ4v) is 5.71. The molecule has 2 heterocycles. The fourth-order valence-electron chi connectivity index (χ4n) is 5.71. The van der Waals surface area contributed by atoms with E-state index in [1.807, 2.05) is 13.8 Å². The van der Waals surface area contributed by atoms with E-state index in [-0.39, 0.29) is 41.4 Å². The Morgan fingerprint density at radius 1 is 1.09 bits per heavy atom. The molecule has 3 aliphatic rings. The predicted octanol–water partition coefficient (Wildman–Crippen LogP) is 3.90. The van der Waals surface area contributed by atoms with Crippen molar-refractivity contribution in [3.05, 3.63) is 82.6 Å². The van der Waals surface area contributed by atoms with Crippen LogP contribution in [0.15, 0.2) is 71.2 Å². The summed E-state index contributed by atoms with van der Waals surface area (Å²) in [4.78, 5) is 31.0. The summed E-state index contributed by atoms with van der Waals surface area (Å²) in [5.41, 5.74) is 6.04. The van der Waals surface area contributed by atoms with Gasteiger partial charge in [0.15, 0.2) is 5.78 Å². The Hall–Kier alpha value is -4.36. The molecule has 2 aromatic rings. The molecule has 0 aromatic heterocycles. The maximum absolute atomic E-state index is 15.1. The summed E-state index contributed by atoms with van der Waals surface area (Å²) in [6.45, 7) is 3.85. The summed E-state index contributed by atoms with van der Waals surface area (Å²) < 4.78 is 15.1. The van der Waals surface area contributed by atoms with Gasteiger partial charge in [0, 0.05) is 28.9 Å². The van der Waals surface area contributed by atoms with Gasteiger partial charge in [-0.15, -0.1) is 6.42 Å². The number of allylic oxidation sites excluding steroid dienone is 1. The van der Waals surface area contributed by atoms with Gasteiger partial charge in [-0.3, -0.25) is 19.4 Å². The third kappa shape index (κ3) is 2.88. The normalized spacial score (nSPS) is 22.8. The summed E-state index contributed by atoms with van der Waals surface area (Å²) in [5.74, 6) is 1.10. The lowest BCUT2D eigenvalue weighted by atomic mass is 9.60. The van der Waals surface area contributed by atoms with Gasteiger partial charge in [0.2, 0.25) is 5.91 Å². The number of fused-ring (bicyclic) bond motifs is 3. The van der Waals surface area contributed by atoms with Crippen molar-refractivity contribution < 1.29 is 14.0 Å². The largest absolute Gasteiger partial charge is 0.384 e. The predicted molar refractivity (Wildman–Crippen MR) is 130 cm³/mol. The summed E-state index contributed by atoms with van der Waals surface area (Å²) >= 11 is 0. The summed E-state index contributed by atoms with van der Waals surface area (Å²) in [6.07, 6.45) is 6.10. The second kappa shape index (κ2) is 7.58. The summed E-state index contributed by atoms with van der Waals surface area (Å²) in [7, 11) is 0. The molecule has 2 aliphatic heterocycles. The molecule has 0 bridgehead atoms. The van der Waals surface area contributed by atoms with Gasteiger partial charge >= 0.3 is 0 Å². The van der Waals surface area contributed by atoms with Gasteiger partial charge in [-0.05, 0) is 30.0 Å². The van der Waals surface area contributed by atoms with E-state index in [2.05, 4.69) is 12.0 Å². The summed E-state index contributed by atoms with van der Waals surface area (Å²) in [6, 6.07) is 15.1. The van der Waals surface area contributed by atoms with Crippen molar-refractivity contribution in [1.82, 2.24) is 0 Å². The van der Waals surface area contributed by atoms with Crippen molar-refractivity contribution in [3.8, 4) is 18.4 Å². The fraction of sp³-hybridized carbons (Fsp3) is 0.250. The smallest absolute Gasteiger partial charge is 0.248 e. The lowest BCUT2D eigenvalue weighted by Crippen LogP contribution is -2.54. The average Bonchev–Trinajstić information content (AvgIpc) is 3.03. The van der Waals surface area contributed by atoms with E-state index >= 15 is 4.39 Å². The number of ketones is 1. The minimum atomic E-state index is -1.74. The number of carbonyl (C=O) groups is 2. The Morgan fingerprint density at radius 2 is 1.74 bits per heavy atom. The first-order valence-corrected chi connectivity index (χ1v) is 11.3. The number of rotatable bonds is 2. The molecule has 174 valence electrons. The molecule has 0 radical (unpaired) electrons. The highest BCUT2D eigenvalue weighted by atomic mass is 19.1. The zero-order valence-corrected chi connectivity index (χ0v) is 19.4. The van der Waals surface area contributed by atoms with E-state index in [9.17, 15) is 14.9 Å². The SMILES string of the molecule is C#CCN1C(=O)[C@]2(C(C#N)=C(N)N(c3ccccc3F)C3=C2C(=O)CC(C)(C)C3)c2ccccc21.